The first-order chi connectivity index (χ1) is 11.7. The Hall–Kier alpha value is -2.03. The van der Waals surface area contributed by atoms with Gasteiger partial charge in [0, 0.05) is 12.0 Å². The number of amides is 1. The first-order valence-electron chi connectivity index (χ1n) is 8.39. The fourth-order valence-corrected chi connectivity index (χ4v) is 1.94. The van der Waals surface area contributed by atoms with E-state index >= 15 is 0 Å². The number of ether oxygens (including phenoxy) is 3. The zero-order valence-electron chi connectivity index (χ0n) is 16.4. The minimum absolute atomic E-state index is 0.0906. The maximum atomic E-state index is 11.0. The van der Waals surface area contributed by atoms with Gasteiger partial charge < -0.3 is 29.7 Å². The number of carboxylic acid groups (broad SMARTS) is 1. The van der Waals surface area contributed by atoms with Crippen molar-refractivity contribution in [3.63, 3.8) is 0 Å². The van der Waals surface area contributed by atoms with E-state index in [4.69, 9.17) is 19.7 Å². The molecule has 0 aromatic carbocycles. The van der Waals surface area contributed by atoms with Gasteiger partial charge in [0.15, 0.2) is 0 Å². The van der Waals surface area contributed by atoms with E-state index in [1.165, 1.54) is 0 Å². The monoisotopic (exact) mass is 377 g/mol. The maximum absolute atomic E-state index is 11.0. The van der Waals surface area contributed by atoms with Crippen LogP contribution in [0.5, 0.6) is 0 Å². The van der Waals surface area contributed by atoms with Gasteiger partial charge in [0.2, 0.25) is 0 Å². The molecule has 3 N–H and O–H groups in total. The average molecular weight is 377 g/mol. The SMILES string of the molecule is CC(C)(C)OC(=O)OC(=O)OC(C)(C)C.O=C(O)NCC1(CO)CCC1. The van der Waals surface area contributed by atoms with E-state index in [0.717, 1.165) is 19.3 Å². The van der Waals surface area contributed by atoms with Crippen molar-refractivity contribution in [1.82, 2.24) is 5.32 Å². The summed E-state index contributed by atoms with van der Waals surface area (Å²) in [5.74, 6) is 0. The van der Waals surface area contributed by atoms with Crippen molar-refractivity contribution in [2.75, 3.05) is 13.2 Å². The second-order valence-corrected chi connectivity index (χ2v) is 8.20. The Balaban J connectivity index is 0.000000502. The van der Waals surface area contributed by atoms with Crippen LogP contribution >= 0.6 is 0 Å². The Kier molecular flexibility index (Phi) is 8.86. The van der Waals surface area contributed by atoms with Crippen molar-refractivity contribution in [1.29, 1.82) is 0 Å². The molecule has 0 atom stereocenters. The highest BCUT2D eigenvalue weighted by Crippen LogP contribution is 2.39. The molecule has 1 amide bonds. The summed E-state index contributed by atoms with van der Waals surface area (Å²) in [6.07, 6.45) is -0.159. The molecule has 1 aliphatic carbocycles. The number of carbonyl (C=O) groups is 3. The fourth-order valence-electron chi connectivity index (χ4n) is 1.94. The third kappa shape index (κ3) is 11.5. The fraction of sp³-hybridized carbons (Fsp3) is 0.824. The maximum Gasteiger partial charge on any atom is 0.519 e. The van der Waals surface area contributed by atoms with E-state index < -0.39 is 29.6 Å². The van der Waals surface area contributed by atoms with Gasteiger partial charge in [0.1, 0.15) is 11.2 Å². The van der Waals surface area contributed by atoms with Crippen LogP contribution in [0.2, 0.25) is 0 Å². The molecule has 0 bridgehead atoms. The molecule has 26 heavy (non-hydrogen) atoms. The van der Waals surface area contributed by atoms with Gasteiger partial charge in [-0.25, -0.2) is 14.4 Å². The lowest BCUT2D eigenvalue weighted by Crippen LogP contribution is -2.44. The molecule has 0 aromatic heterocycles. The number of hydrogen-bond donors (Lipinski definition) is 3. The first-order valence-corrected chi connectivity index (χ1v) is 8.39. The van der Waals surface area contributed by atoms with Gasteiger partial charge in [-0.3, -0.25) is 0 Å². The molecule has 0 unspecified atom stereocenters. The van der Waals surface area contributed by atoms with E-state index in [9.17, 15) is 14.4 Å². The van der Waals surface area contributed by atoms with E-state index in [0.29, 0.717) is 6.54 Å². The predicted molar refractivity (Wildman–Crippen MR) is 93.0 cm³/mol. The molecule has 9 nitrogen and oxygen atoms in total. The lowest BCUT2D eigenvalue weighted by Gasteiger charge is -2.39. The van der Waals surface area contributed by atoms with Gasteiger partial charge in [0.05, 0.1) is 6.61 Å². The number of rotatable bonds is 3. The van der Waals surface area contributed by atoms with Gasteiger partial charge in [-0.05, 0) is 54.4 Å². The summed E-state index contributed by atoms with van der Waals surface area (Å²) < 4.78 is 13.8. The van der Waals surface area contributed by atoms with Crippen LogP contribution in [-0.4, -0.2) is 53.0 Å². The number of aliphatic hydroxyl groups is 1. The molecule has 1 saturated carbocycles. The summed E-state index contributed by atoms with van der Waals surface area (Å²) in [6.45, 7) is 10.5. The molecular formula is C17H31NO8. The molecular weight excluding hydrogens is 346 g/mol. The van der Waals surface area contributed by atoms with Gasteiger partial charge in [-0.15, -0.1) is 0 Å². The zero-order chi connectivity index (χ0) is 20.6. The summed E-state index contributed by atoms with van der Waals surface area (Å²) in [5.41, 5.74) is -1.53. The number of aliphatic hydroxyl groups excluding tert-OH is 1. The van der Waals surface area contributed by atoms with Crippen molar-refractivity contribution in [3.05, 3.63) is 0 Å². The van der Waals surface area contributed by atoms with Crippen LogP contribution in [0.4, 0.5) is 14.4 Å². The van der Waals surface area contributed by atoms with Gasteiger partial charge in [-0.2, -0.15) is 0 Å². The van der Waals surface area contributed by atoms with E-state index in [2.05, 4.69) is 10.1 Å². The molecule has 1 fully saturated rings. The van der Waals surface area contributed by atoms with Crippen LogP contribution in [0.1, 0.15) is 60.8 Å². The quantitative estimate of drug-likeness (QED) is 0.504. The van der Waals surface area contributed by atoms with E-state index in [1.807, 2.05) is 0 Å². The first kappa shape index (κ1) is 24.0. The normalized spacial score (nSPS) is 15.5. The predicted octanol–water partition coefficient (Wildman–Crippen LogP) is 3.29. The Morgan fingerprint density at radius 2 is 1.38 bits per heavy atom. The Bertz CT molecular complexity index is 454. The van der Waals surface area contributed by atoms with E-state index in [-0.39, 0.29) is 12.0 Å². The molecule has 1 rings (SSSR count). The van der Waals surface area contributed by atoms with Crippen molar-refractivity contribution in [2.45, 2.75) is 72.0 Å². The molecule has 152 valence electrons. The van der Waals surface area contributed by atoms with Crippen molar-refractivity contribution >= 4 is 18.4 Å². The van der Waals surface area contributed by atoms with E-state index in [1.54, 1.807) is 41.5 Å². The molecule has 1 aliphatic rings. The summed E-state index contributed by atoms with van der Waals surface area (Å²) in [5, 5.41) is 19.5. The summed E-state index contributed by atoms with van der Waals surface area (Å²) >= 11 is 0. The minimum Gasteiger partial charge on any atom is -0.465 e. The summed E-state index contributed by atoms with van der Waals surface area (Å²) in [4.78, 5) is 32.1. The lowest BCUT2D eigenvalue weighted by atomic mass is 9.69. The number of nitrogens with one attached hydrogen (secondary N) is 1. The minimum atomic E-state index is -1.06. The summed E-state index contributed by atoms with van der Waals surface area (Å²) in [6, 6.07) is 0. The second kappa shape index (κ2) is 9.61. The van der Waals surface area contributed by atoms with Crippen molar-refractivity contribution in [2.24, 2.45) is 5.41 Å². The van der Waals surface area contributed by atoms with Gasteiger partial charge in [-0.1, -0.05) is 6.42 Å². The molecule has 0 aliphatic heterocycles. The third-order valence-corrected chi connectivity index (χ3v) is 3.31. The van der Waals surface area contributed by atoms with Crippen LogP contribution in [0.15, 0.2) is 0 Å². The second-order valence-electron chi connectivity index (χ2n) is 8.20. The molecule has 0 radical (unpaired) electrons. The van der Waals surface area contributed by atoms with Gasteiger partial charge >= 0.3 is 18.4 Å². The third-order valence-electron chi connectivity index (χ3n) is 3.31. The Morgan fingerprint density at radius 3 is 1.62 bits per heavy atom. The van der Waals surface area contributed by atoms with Crippen LogP contribution in [0, 0.1) is 5.41 Å². The summed E-state index contributed by atoms with van der Waals surface area (Å²) in [7, 11) is 0. The van der Waals surface area contributed by atoms with Crippen LogP contribution < -0.4 is 5.32 Å². The lowest BCUT2D eigenvalue weighted by molar-refractivity contribution is -0.0293. The topological polar surface area (TPSA) is 131 Å². The average Bonchev–Trinajstić information content (AvgIpc) is 2.33. The van der Waals surface area contributed by atoms with Crippen LogP contribution in [0.25, 0.3) is 0 Å². The Morgan fingerprint density at radius 1 is 0.962 bits per heavy atom. The zero-order valence-corrected chi connectivity index (χ0v) is 16.4. The Labute approximate surface area is 154 Å². The number of carbonyl (C=O) groups excluding carboxylic acids is 2. The highest BCUT2D eigenvalue weighted by atomic mass is 16.8. The molecule has 0 heterocycles. The standard InChI is InChI=1S/C10H18O5.C7H13NO3/c1-9(2,3)14-7(11)13-8(12)15-10(4,5)6;9-5-7(2-1-3-7)4-8-6(10)11/h1-6H3;8-9H,1-5H2,(H,10,11). The van der Waals surface area contributed by atoms with Gasteiger partial charge in [0.25, 0.3) is 0 Å². The highest BCUT2D eigenvalue weighted by Gasteiger charge is 2.36. The highest BCUT2D eigenvalue weighted by molar-refractivity contribution is 5.77. The van der Waals surface area contributed by atoms with Crippen molar-refractivity contribution < 1.29 is 38.8 Å². The van der Waals surface area contributed by atoms with Crippen LogP contribution in [-0.2, 0) is 14.2 Å². The largest absolute Gasteiger partial charge is 0.519 e. The van der Waals surface area contributed by atoms with Crippen LogP contribution in [0.3, 0.4) is 0 Å². The smallest absolute Gasteiger partial charge is 0.465 e. The van der Waals surface area contributed by atoms with Crippen molar-refractivity contribution in [3.8, 4) is 0 Å². The molecule has 0 saturated heterocycles. The molecule has 0 spiro atoms. The number of hydrogen-bond acceptors (Lipinski definition) is 7. The molecule has 0 aromatic rings. The molecule has 9 heteroatoms.